The van der Waals surface area contributed by atoms with Crippen LogP contribution in [0.25, 0.3) is 0 Å². The number of esters is 1. The van der Waals surface area contributed by atoms with Gasteiger partial charge in [-0.2, -0.15) is 0 Å². The third-order valence-electron chi connectivity index (χ3n) is 4.81. The van der Waals surface area contributed by atoms with Crippen molar-refractivity contribution in [1.29, 1.82) is 0 Å². The Morgan fingerprint density at radius 3 is 2.32 bits per heavy atom. The first-order chi connectivity index (χ1) is 11.5. The highest BCUT2D eigenvalue weighted by atomic mass is 16.5. The van der Waals surface area contributed by atoms with Crippen LogP contribution in [0.4, 0.5) is 0 Å². The van der Waals surface area contributed by atoms with Crippen LogP contribution in [-0.2, 0) is 16.0 Å². The van der Waals surface area contributed by atoms with Crippen molar-refractivity contribution in [1.82, 2.24) is 0 Å². The average molecular weight is 344 g/mol. The predicted octanol–water partition coefficient (Wildman–Crippen LogP) is 4.17. The second-order valence-electron chi connectivity index (χ2n) is 8.78. The topological polar surface area (TPSA) is 73.6 Å². The molecule has 1 heterocycles. The molecule has 0 spiro atoms. The first-order valence-electron chi connectivity index (χ1n) is 8.58. The van der Waals surface area contributed by atoms with Gasteiger partial charge >= 0.3 is 5.97 Å². The van der Waals surface area contributed by atoms with Gasteiger partial charge in [-0.15, -0.1) is 0 Å². The number of furan rings is 1. The molecule has 0 N–H and O–H groups in total. The normalized spacial score (nSPS) is 21.6. The second-order valence-corrected chi connectivity index (χ2v) is 8.78. The number of hydrogen-bond acceptors (Lipinski definition) is 5. The van der Waals surface area contributed by atoms with Gasteiger partial charge in [-0.3, -0.25) is 9.59 Å². The summed E-state index contributed by atoms with van der Waals surface area (Å²) in [4.78, 5) is 36.8. The number of ether oxygens (including phenoxy) is 1. The van der Waals surface area contributed by atoms with Crippen molar-refractivity contribution < 1.29 is 23.5 Å². The van der Waals surface area contributed by atoms with E-state index in [9.17, 15) is 14.4 Å². The molecule has 1 aromatic heterocycles. The summed E-state index contributed by atoms with van der Waals surface area (Å²) in [6.45, 7) is 9.64. The van der Waals surface area contributed by atoms with Crippen LogP contribution in [0.2, 0.25) is 0 Å². The van der Waals surface area contributed by atoms with Crippen molar-refractivity contribution >= 4 is 17.5 Å². The smallest absolute Gasteiger partial charge is 0.379 e. The molecule has 0 fully saturated rings. The number of carbonyl (C=O) groups is 3. The molecule has 5 heteroatoms. The van der Waals surface area contributed by atoms with Crippen LogP contribution in [0.3, 0.4) is 0 Å². The van der Waals surface area contributed by atoms with Gasteiger partial charge in [-0.1, -0.05) is 27.7 Å². The van der Waals surface area contributed by atoms with Crippen molar-refractivity contribution in [3.05, 3.63) is 34.5 Å². The van der Waals surface area contributed by atoms with Gasteiger partial charge < -0.3 is 9.15 Å². The minimum atomic E-state index is -0.644. The lowest BCUT2D eigenvalue weighted by Crippen LogP contribution is -2.26. The number of ketones is 2. The second kappa shape index (κ2) is 5.68. The van der Waals surface area contributed by atoms with Crippen LogP contribution >= 0.6 is 0 Å². The van der Waals surface area contributed by atoms with E-state index in [1.807, 2.05) is 27.7 Å². The molecule has 0 bridgehead atoms. The molecule has 3 rings (SSSR count). The Labute approximate surface area is 147 Å². The third-order valence-corrected chi connectivity index (χ3v) is 4.81. The van der Waals surface area contributed by atoms with Gasteiger partial charge in [0.25, 0.3) is 0 Å². The summed E-state index contributed by atoms with van der Waals surface area (Å²) in [7, 11) is 0. The lowest BCUT2D eigenvalue weighted by atomic mass is 9.76. The Morgan fingerprint density at radius 1 is 1.04 bits per heavy atom. The molecule has 0 aliphatic heterocycles. The minimum absolute atomic E-state index is 0.000238. The summed E-state index contributed by atoms with van der Waals surface area (Å²) in [6, 6.07) is 0. The summed E-state index contributed by atoms with van der Waals surface area (Å²) in [5, 5.41) is 0. The molecule has 2 aliphatic carbocycles. The van der Waals surface area contributed by atoms with E-state index >= 15 is 0 Å². The largest absolute Gasteiger partial charge is 0.453 e. The van der Waals surface area contributed by atoms with E-state index in [0.29, 0.717) is 48.3 Å². The molecule has 2 aliphatic rings. The average Bonchev–Trinajstić information content (AvgIpc) is 2.71. The molecule has 0 aromatic carbocycles. The Morgan fingerprint density at radius 2 is 1.68 bits per heavy atom. The number of rotatable bonds is 2. The van der Waals surface area contributed by atoms with E-state index < -0.39 is 5.97 Å². The zero-order chi connectivity index (χ0) is 18.6. The van der Waals surface area contributed by atoms with Crippen LogP contribution in [0.5, 0.6) is 0 Å². The minimum Gasteiger partial charge on any atom is -0.453 e. The highest BCUT2D eigenvalue weighted by molar-refractivity contribution is 6.03. The van der Waals surface area contributed by atoms with E-state index in [0.717, 1.165) is 0 Å². The third kappa shape index (κ3) is 3.46. The molecule has 0 saturated carbocycles. The summed E-state index contributed by atoms with van der Waals surface area (Å²) < 4.78 is 11.1. The van der Waals surface area contributed by atoms with Gasteiger partial charge in [0.1, 0.15) is 11.5 Å². The van der Waals surface area contributed by atoms with E-state index in [1.165, 1.54) is 6.08 Å². The van der Waals surface area contributed by atoms with Crippen molar-refractivity contribution in [3.8, 4) is 0 Å². The van der Waals surface area contributed by atoms with Crippen molar-refractivity contribution in [2.75, 3.05) is 0 Å². The fraction of sp³-hybridized carbons (Fsp3) is 0.550. The SMILES string of the molecule is Cc1c(C(=O)OC2=CC(=O)CC(C)(C)C2)oc2c1C(=O)CC(C)(C)C2. The summed E-state index contributed by atoms with van der Waals surface area (Å²) in [5.41, 5.74) is 0.624. The van der Waals surface area contributed by atoms with E-state index in [-0.39, 0.29) is 28.2 Å². The van der Waals surface area contributed by atoms with Gasteiger partial charge in [-0.05, 0) is 17.8 Å². The Balaban J connectivity index is 1.87. The first-order valence-corrected chi connectivity index (χ1v) is 8.58. The molecule has 0 radical (unpaired) electrons. The number of hydrogen-bond donors (Lipinski definition) is 0. The zero-order valence-electron chi connectivity index (χ0n) is 15.4. The molecule has 0 unspecified atom stereocenters. The van der Waals surface area contributed by atoms with Gasteiger partial charge in [0, 0.05) is 37.3 Å². The maximum atomic E-state index is 12.6. The molecular weight excluding hydrogens is 320 g/mol. The van der Waals surface area contributed by atoms with Gasteiger partial charge in [0.15, 0.2) is 11.6 Å². The highest BCUT2D eigenvalue weighted by Gasteiger charge is 2.38. The van der Waals surface area contributed by atoms with Crippen LogP contribution in [0, 0.1) is 17.8 Å². The van der Waals surface area contributed by atoms with Crippen molar-refractivity contribution in [2.45, 2.75) is 60.3 Å². The van der Waals surface area contributed by atoms with Crippen LogP contribution in [0.1, 0.15) is 79.2 Å². The summed E-state index contributed by atoms with van der Waals surface area (Å²) >= 11 is 0. The van der Waals surface area contributed by atoms with Gasteiger partial charge in [0.05, 0.1) is 5.56 Å². The van der Waals surface area contributed by atoms with Crippen LogP contribution in [-0.4, -0.2) is 17.5 Å². The quantitative estimate of drug-likeness (QED) is 0.753. The Hall–Kier alpha value is -2.17. The monoisotopic (exact) mass is 344 g/mol. The molecule has 5 nitrogen and oxygen atoms in total. The number of Topliss-reactive ketones (excluding diaryl/α,β-unsaturated/α-hetero) is 1. The lowest BCUT2D eigenvalue weighted by Gasteiger charge is -2.27. The van der Waals surface area contributed by atoms with Crippen LogP contribution in [0.15, 0.2) is 16.3 Å². The predicted molar refractivity (Wildman–Crippen MR) is 91.4 cm³/mol. The van der Waals surface area contributed by atoms with Gasteiger partial charge in [0.2, 0.25) is 5.76 Å². The highest BCUT2D eigenvalue weighted by Crippen LogP contribution is 2.39. The van der Waals surface area contributed by atoms with E-state index in [2.05, 4.69) is 0 Å². The fourth-order valence-electron chi connectivity index (χ4n) is 3.80. The molecule has 0 saturated heterocycles. The molecule has 1 aromatic rings. The Kier molecular flexibility index (Phi) is 4.01. The lowest BCUT2D eigenvalue weighted by molar-refractivity contribution is -0.117. The van der Waals surface area contributed by atoms with E-state index in [1.54, 1.807) is 6.92 Å². The molecule has 0 atom stereocenters. The van der Waals surface area contributed by atoms with Crippen molar-refractivity contribution in [3.63, 3.8) is 0 Å². The number of carbonyl (C=O) groups excluding carboxylic acids is 3. The fourth-order valence-corrected chi connectivity index (χ4v) is 3.80. The summed E-state index contributed by atoms with van der Waals surface area (Å²) in [5.74, 6) is 0.277. The maximum Gasteiger partial charge on any atom is 0.379 e. The molecular formula is C20H24O5. The number of fused-ring (bicyclic) bond motifs is 1. The van der Waals surface area contributed by atoms with Crippen LogP contribution < -0.4 is 0 Å². The Bertz CT molecular complexity index is 804. The summed E-state index contributed by atoms with van der Waals surface area (Å²) in [6.07, 6.45) is 3.37. The van der Waals surface area contributed by atoms with Gasteiger partial charge in [-0.25, -0.2) is 4.79 Å². The maximum absolute atomic E-state index is 12.6. The molecule has 25 heavy (non-hydrogen) atoms. The van der Waals surface area contributed by atoms with Crippen molar-refractivity contribution in [2.24, 2.45) is 10.8 Å². The first kappa shape index (κ1) is 17.6. The standard InChI is InChI=1S/C20H24O5/c1-11-16-14(22)9-20(4,5)10-15(16)25-17(11)18(23)24-13-6-12(21)7-19(2,3)8-13/h6H,7-10H2,1-5H3. The molecule has 134 valence electrons. The van der Waals surface area contributed by atoms with E-state index in [4.69, 9.17) is 9.15 Å². The zero-order valence-corrected chi connectivity index (χ0v) is 15.4. The molecule has 0 amide bonds. The number of allylic oxidation sites excluding steroid dienone is 2.